The Morgan fingerprint density at radius 1 is 1.46 bits per heavy atom. The summed E-state index contributed by atoms with van der Waals surface area (Å²) >= 11 is 0. The van der Waals surface area contributed by atoms with Gasteiger partial charge < -0.3 is 10.2 Å². The van der Waals surface area contributed by atoms with Crippen molar-refractivity contribution in [2.75, 3.05) is 0 Å². The first-order valence-electron chi connectivity index (χ1n) is 3.74. The predicted octanol–water partition coefficient (Wildman–Crippen LogP) is 1.64. The molecule has 1 aliphatic carbocycles. The van der Waals surface area contributed by atoms with Crippen molar-refractivity contribution in [3.05, 3.63) is 17.8 Å². The highest BCUT2D eigenvalue weighted by Crippen LogP contribution is 2.43. The van der Waals surface area contributed by atoms with Crippen LogP contribution in [0.15, 0.2) is 10.7 Å². The Morgan fingerprint density at radius 2 is 2.08 bits per heavy atom. The number of rotatable bonds is 1. The van der Waals surface area contributed by atoms with Crippen molar-refractivity contribution in [1.29, 1.82) is 0 Å². The largest absolute Gasteiger partial charge is 0.446 e. The quantitative estimate of drug-likeness (QED) is 0.735. The topological polar surface area (TPSA) is 52.0 Å². The van der Waals surface area contributed by atoms with Gasteiger partial charge in [-0.05, 0) is 12.8 Å². The van der Waals surface area contributed by atoms with E-state index < -0.39 is 17.4 Å². The molecule has 0 atom stereocenters. The molecule has 0 unspecified atom stereocenters. The molecule has 0 aromatic carbocycles. The van der Waals surface area contributed by atoms with Crippen LogP contribution in [0.25, 0.3) is 0 Å². The summed E-state index contributed by atoms with van der Waals surface area (Å²) in [5, 5.41) is 0. The average Bonchev–Trinajstić information content (AvgIpc) is 2.60. The summed E-state index contributed by atoms with van der Waals surface area (Å²) in [6, 6.07) is 0. The van der Waals surface area contributed by atoms with Crippen LogP contribution >= 0.6 is 0 Å². The van der Waals surface area contributed by atoms with Crippen LogP contribution in [0, 0.1) is 0 Å². The second-order valence-electron chi connectivity index (χ2n) is 3.19. The van der Waals surface area contributed by atoms with Crippen LogP contribution in [-0.2, 0) is 11.7 Å². The SMILES string of the molecule is NC1(c2nc(C(F)(F)F)co2)CC1. The van der Waals surface area contributed by atoms with Gasteiger partial charge in [0.2, 0.25) is 5.89 Å². The molecule has 1 heterocycles. The summed E-state index contributed by atoms with van der Waals surface area (Å²) in [6.07, 6.45) is -2.59. The fraction of sp³-hybridized carbons (Fsp3) is 0.571. The number of hydrogen-bond acceptors (Lipinski definition) is 3. The van der Waals surface area contributed by atoms with Crippen LogP contribution in [0.3, 0.4) is 0 Å². The van der Waals surface area contributed by atoms with E-state index in [-0.39, 0.29) is 5.89 Å². The first-order chi connectivity index (χ1) is 5.92. The molecule has 1 saturated carbocycles. The number of oxazole rings is 1. The second kappa shape index (κ2) is 2.25. The van der Waals surface area contributed by atoms with Crippen LogP contribution in [0.4, 0.5) is 13.2 Å². The van der Waals surface area contributed by atoms with Crippen molar-refractivity contribution in [3.8, 4) is 0 Å². The maximum absolute atomic E-state index is 12.0. The smallest absolute Gasteiger partial charge is 0.436 e. The highest BCUT2D eigenvalue weighted by molar-refractivity contribution is 5.15. The minimum atomic E-state index is -4.45. The summed E-state index contributed by atoms with van der Waals surface area (Å²) in [5.74, 6) is -0.0141. The Morgan fingerprint density at radius 3 is 2.46 bits per heavy atom. The lowest BCUT2D eigenvalue weighted by atomic mass is 10.3. The van der Waals surface area contributed by atoms with Gasteiger partial charge >= 0.3 is 6.18 Å². The third-order valence-electron chi connectivity index (χ3n) is 2.01. The van der Waals surface area contributed by atoms with Gasteiger partial charge in [-0.15, -0.1) is 0 Å². The lowest BCUT2D eigenvalue weighted by molar-refractivity contribution is -0.141. The molecule has 1 aliphatic rings. The fourth-order valence-electron chi connectivity index (χ4n) is 0.981. The summed E-state index contributed by atoms with van der Waals surface area (Å²) in [7, 11) is 0. The minimum Gasteiger partial charge on any atom is -0.446 e. The van der Waals surface area contributed by atoms with Crippen LogP contribution in [0.5, 0.6) is 0 Å². The zero-order valence-electron chi connectivity index (χ0n) is 6.56. The molecule has 1 fully saturated rings. The first kappa shape index (κ1) is 8.55. The molecule has 2 rings (SSSR count). The number of halogens is 3. The Balaban J connectivity index is 2.29. The molecular weight excluding hydrogens is 185 g/mol. The predicted molar refractivity (Wildman–Crippen MR) is 36.6 cm³/mol. The van der Waals surface area contributed by atoms with E-state index in [4.69, 9.17) is 5.73 Å². The van der Waals surface area contributed by atoms with Crippen molar-refractivity contribution in [2.24, 2.45) is 5.73 Å². The van der Waals surface area contributed by atoms with Crippen molar-refractivity contribution >= 4 is 0 Å². The highest BCUT2D eigenvalue weighted by atomic mass is 19.4. The molecule has 6 heteroatoms. The van der Waals surface area contributed by atoms with Gasteiger partial charge in [0, 0.05) is 0 Å². The maximum Gasteiger partial charge on any atom is 0.436 e. The number of alkyl halides is 3. The molecular formula is C7H7F3N2O. The fourth-order valence-corrected chi connectivity index (χ4v) is 0.981. The number of hydrogen-bond donors (Lipinski definition) is 1. The Kier molecular flexibility index (Phi) is 1.48. The van der Waals surface area contributed by atoms with Crippen LogP contribution in [0.1, 0.15) is 24.4 Å². The van der Waals surface area contributed by atoms with E-state index in [2.05, 4.69) is 9.40 Å². The summed E-state index contributed by atoms with van der Waals surface area (Å²) < 4.78 is 40.8. The van der Waals surface area contributed by atoms with Crippen molar-refractivity contribution in [1.82, 2.24) is 4.98 Å². The van der Waals surface area contributed by atoms with Gasteiger partial charge in [-0.25, -0.2) is 4.98 Å². The minimum absolute atomic E-state index is 0.0141. The van der Waals surface area contributed by atoms with E-state index in [0.29, 0.717) is 19.1 Å². The second-order valence-corrected chi connectivity index (χ2v) is 3.19. The molecule has 0 bridgehead atoms. The maximum atomic E-state index is 12.0. The lowest BCUT2D eigenvalue weighted by Crippen LogP contribution is -2.19. The zero-order chi connectivity index (χ0) is 9.69. The number of aromatic nitrogens is 1. The molecule has 0 aliphatic heterocycles. The Labute approximate surface area is 71.7 Å². The van der Waals surface area contributed by atoms with Gasteiger partial charge in [0.15, 0.2) is 5.69 Å². The monoisotopic (exact) mass is 192 g/mol. The van der Waals surface area contributed by atoms with Crippen molar-refractivity contribution < 1.29 is 17.6 Å². The zero-order valence-corrected chi connectivity index (χ0v) is 6.56. The molecule has 0 saturated heterocycles. The number of nitrogens with zero attached hydrogens (tertiary/aromatic N) is 1. The van der Waals surface area contributed by atoms with Crippen molar-refractivity contribution in [2.45, 2.75) is 24.6 Å². The molecule has 0 amide bonds. The standard InChI is InChI=1S/C7H7F3N2O/c8-7(9,10)4-3-13-5(12-4)6(11)1-2-6/h3H,1-2,11H2. The van der Waals surface area contributed by atoms with E-state index in [1.807, 2.05) is 0 Å². The number of nitrogens with two attached hydrogens (primary N) is 1. The van der Waals surface area contributed by atoms with E-state index >= 15 is 0 Å². The van der Waals surface area contributed by atoms with Gasteiger partial charge in [0.25, 0.3) is 0 Å². The van der Waals surface area contributed by atoms with Crippen molar-refractivity contribution in [3.63, 3.8) is 0 Å². The molecule has 0 spiro atoms. The van der Waals surface area contributed by atoms with Crippen LogP contribution < -0.4 is 5.73 Å². The van der Waals surface area contributed by atoms with Gasteiger partial charge in [0.1, 0.15) is 6.26 Å². The summed E-state index contributed by atoms with van der Waals surface area (Å²) in [4.78, 5) is 3.30. The summed E-state index contributed by atoms with van der Waals surface area (Å²) in [6.45, 7) is 0. The van der Waals surface area contributed by atoms with Gasteiger partial charge in [0.05, 0.1) is 5.54 Å². The average molecular weight is 192 g/mol. The molecule has 1 aromatic heterocycles. The normalized spacial score (nSPS) is 20.3. The van der Waals surface area contributed by atoms with Crippen LogP contribution in [-0.4, -0.2) is 4.98 Å². The molecule has 1 aromatic rings. The molecule has 2 N–H and O–H groups in total. The van der Waals surface area contributed by atoms with E-state index in [1.54, 1.807) is 0 Å². The van der Waals surface area contributed by atoms with E-state index in [9.17, 15) is 13.2 Å². The highest BCUT2D eigenvalue weighted by Gasteiger charge is 2.46. The third-order valence-corrected chi connectivity index (χ3v) is 2.01. The Hall–Kier alpha value is -1.04. The van der Waals surface area contributed by atoms with E-state index in [1.165, 1.54) is 0 Å². The first-order valence-corrected chi connectivity index (χ1v) is 3.74. The van der Waals surface area contributed by atoms with Gasteiger partial charge in [-0.1, -0.05) is 0 Å². The molecule has 13 heavy (non-hydrogen) atoms. The molecule has 72 valence electrons. The summed E-state index contributed by atoms with van der Waals surface area (Å²) in [5.41, 5.74) is 3.84. The van der Waals surface area contributed by atoms with Gasteiger partial charge in [-0.3, -0.25) is 0 Å². The third kappa shape index (κ3) is 1.41. The molecule has 0 radical (unpaired) electrons. The van der Waals surface area contributed by atoms with Crippen LogP contribution in [0.2, 0.25) is 0 Å². The Bertz CT molecular complexity index is 307. The van der Waals surface area contributed by atoms with E-state index in [0.717, 1.165) is 0 Å². The lowest BCUT2D eigenvalue weighted by Gasteiger charge is -2.01. The molecule has 3 nitrogen and oxygen atoms in total. The van der Waals surface area contributed by atoms with Gasteiger partial charge in [-0.2, -0.15) is 13.2 Å².